The van der Waals surface area contributed by atoms with Crippen LogP contribution in [-0.4, -0.2) is 23.3 Å². The number of Topliss-reactive ketones (excluding diaryl/α,β-unsaturated/α-hetero) is 1. The maximum absolute atomic E-state index is 12.2. The Bertz CT molecular complexity index is 905. The number of esters is 1. The van der Waals surface area contributed by atoms with Gasteiger partial charge in [-0.1, -0.05) is 18.2 Å². The third kappa shape index (κ3) is 2.08. The molecule has 1 aromatic heterocycles. The molecule has 4 heteroatoms. The molecule has 0 radical (unpaired) electrons. The lowest BCUT2D eigenvalue weighted by Gasteiger charge is -2.11. The van der Waals surface area contributed by atoms with E-state index in [2.05, 4.69) is 4.98 Å². The Balaban J connectivity index is 2.42. The monoisotopic (exact) mass is 295 g/mol. The highest BCUT2D eigenvalue weighted by molar-refractivity contribution is 6.16. The van der Waals surface area contributed by atoms with E-state index >= 15 is 0 Å². The summed E-state index contributed by atoms with van der Waals surface area (Å²) in [6, 6.07) is 9.64. The molecular weight excluding hydrogens is 278 g/mol. The standard InChI is InChI=1S/C18H17NO3/c1-4-22-18(21)14-9-13-12-7-5-6-8-15(12)19-17(13)10(2)16(14)11(3)20/h5-9,19H,4H2,1-3H3. The SMILES string of the molecule is CCOC(=O)c1cc2c([nH]c3ccccc32)c(C)c1C(C)=O. The lowest BCUT2D eigenvalue weighted by atomic mass is 9.95. The molecule has 0 saturated carbocycles. The molecule has 0 saturated heterocycles. The van der Waals surface area contributed by atoms with Crippen molar-refractivity contribution in [1.29, 1.82) is 0 Å². The van der Waals surface area contributed by atoms with Crippen molar-refractivity contribution >= 4 is 33.6 Å². The van der Waals surface area contributed by atoms with Crippen LogP contribution < -0.4 is 0 Å². The van der Waals surface area contributed by atoms with Gasteiger partial charge in [-0.25, -0.2) is 4.79 Å². The number of aromatic nitrogens is 1. The molecular formula is C18H17NO3. The number of benzene rings is 2. The fraction of sp³-hybridized carbons (Fsp3) is 0.222. The second-order valence-corrected chi connectivity index (χ2v) is 5.29. The summed E-state index contributed by atoms with van der Waals surface area (Å²) in [6.07, 6.45) is 0. The lowest BCUT2D eigenvalue weighted by Crippen LogP contribution is -2.12. The van der Waals surface area contributed by atoms with Gasteiger partial charge in [-0.05, 0) is 38.5 Å². The number of para-hydroxylation sites is 1. The van der Waals surface area contributed by atoms with Crippen molar-refractivity contribution in [3.05, 3.63) is 47.0 Å². The number of aryl methyl sites for hydroxylation is 1. The van der Waals surface area contributed by atoms with Crippen LogP contribution in [0.4, 0.5) is 0 Å². The van der Waals surface area contributed by atoms with Crippen molar-refractivity contribution in [1.82, 2.24) is 4.98 Å². The molecule has 112 valence electrons. The van der Waals surface area contributed by atoms with E-state index in [9.17, 15) is 9.59 Å². The van der Waals surface area contributed by atoms with Crippen molar-refractivity contribution in [2.24, 2.45) is 0 Å². The third-order valence-corrected chi connectivity index (χ3v) is 3.90. The maximum atomic E-state index is 12.2. The second kappa shape index (κ2) is 5.30. The van der Waals surface area contributed by atoms with Gasteiger partial charge >= 0.3 is 5.97 Å². The van der Waals surface area contributed by atoms with E-state index in [1.807, 2.05) is 31.2 Å². The average molecular weight is 295 g/mol. The Morgan fingerprint density at radius 3 is 2.59 bits per heavy atom. The quantitative estimate of drug-likeness (QED) is 0.586. The first-order valence-corrected chi connectivity index (χ1v) is 7.26. The van der Waals surface area contributed by atoms with Gasteiger partial charge in [-0.3, -0.25) is 4.79 Å². The van der Waals surface area contributed by atoms with Gasteiger partial charge in [-0.15, -0.1) is 0 Å². The topological polar surface area (TPSA) is 59.2 Å². The smallest absolute Gasteiger partial charge is 0.338 e. The van der Waals surface area contributed by atoms with Crippen LogP contribution in [0.1, 0.15) is 40.1 Å². The Morgan fingerprint density at radius 1 is 1.18 bits per heavy atom. The fourth-order valence-corrected chi connectivity index (χ4v) is 2.98. The van der Waals surface area contributed by atoms with Gasteiger partial charge < -0.3 is 9.72 Å². The van der Waals surface area contributed by atoms with Gasteiger partial charge in [0, 0.05) is 21.9 Å². The molecule has 0 aliphatic heterocycles. The van der Waals surface area contributed by atoms with Crippen LogP contribution in [0.15, 0.2) is 30.3 Å². The summed E-state index contributed by atoms with van der Waals surface area (Å²) in [5.41, 5.74) is 3.42. The molecule has 1 heterocycles. The molecule has 22 heavy (non-hydrogen) atoms. The van der Waals surface area contributed by atoms with Crippen molar-refractivity contribution in [3.8, 4) is 0 Å². The number of fused-ring (bicyclic) bond motifs is 3. The number of ketones is 1. The van der Waals surface area contributed by atoms with E-state index in [1.54, 1.807) is 13.0 Å². The van der Waals surface area contributed by atoms with Gasteiger partial charge in [-0.2, -0.15) is 0 Å². The number of carbonyl (C=O) groups is 2. The van der Waals surface area contributed by atoms with E-state index in [4.69, 9.17) is 4.74 Å². The molecule has 1 N–H and O–H groups in total. The number of rotatable bonds is 3. The first-order chi connectivity index (χ1) is 10.5. The summed E-state index contributed by atoms with van der Waals surface area (Å²) in [6.45, 7) is 5.36. The van der Waals surface area contributed by atoms with E-state index in [1.165, 1.54) is 6.92 Å². The molecule has 0 fully saturated rings. The summed E-state index contributed by atoms with van der Waals surface area (Å²) < 4.78 is 5.11. The normalized spacial score (nSPS) is 11.0. The predicted octanol–water partition coefficient (Wildman–Crippen LogP) is 4.01. The molecule has 4 nitrogen and oxygen atoms in total. The van der Waals surface area contributed by atoms with Crippen LogP contribution in [0.2, 0.25) is 0 Å². The minimum absolute atomic E-state index is 0.138. The maximum Gasteiger partial charge on any atom is 0.338 e. The highest BCUT2D eigenvalue weighted by Crippen LogP contribution is 2.32. The minimum Gasteiger partial charge on any atom is -0.462 e. The number of H-pyrrole nitrogens is 1. The number of hydrogen-bond acceptors (Lipinski definition) is 3. The number of hydrogen-bond donors (Lipinski definition) is 1. The zero-order valence-corrected chi connectivity index (χ0v) is 12.8. The number of aromatic amines is 1. The first-order valence-electron chi connectivity index (χ1n) is 7.26. The average Bonchev–Trinajstić information content (AvgIpc) is 2.86. The van der Waals surface area contributed by atoms with Gasteiger partial charge in [0.25, 0.3) is 0 Å². The molecule has 0 amide bonds. The molecule has 0 aliphatic rings. The molecule has 0 spiro atoms. The van der Waals surface area contributed by atoms with Crippen LogP contribution in [0.3, 0.4) is 0 Å². The van der Waals surface area contributed by atoms with Gasteiger partial charge in [0.05, 0.1) is 17.7 Å². The molecule has 3 rings (SSSR count). The van der Waals surface area contributed by atoms with Crippen molar-refractivity contribution in [2.45, 2.75) is 20.8 Å². The molecule has 0 unspecified atom stereocenters. The van der Waals surface area contributed by atoms with Crippen molar-refractivity contribution in [2.75, 3.05) is 6.61 Å². The van der Waals surface area contributed by atoms with Gasteiger partial charge in [0.1, 0.15) is 0 Å². The van der Waals surface area contributed by atoms with Crippen molar-refractivity contribution in [3.63, 3.8) is 0 Å². The zero-order chi connectivity index (χ0) is 15.9. The van der Waals surface area contributed by atoms with Gasteiger partial charge in [0.2, 0.25) is 0 Å². The van der Waals surface area contributed by atoms with E-state index in [0.717, 1.165) is 27.4 Å². The second-order valence-electron chi connectivity index (χ2n) is 5.29. The largest absolute Gasteiger partial charge is 0.462 e. The van der Waals surface area contributed by atoms with Crippen molar-refractivity contribution < 1.29 is 14.3 Å². The summed E-state index contributed by atoms with van der Waals surface area (Å²) in [5, 5.41) is 1.96. The van der Waals surface area contributed by atoms with Crippen LogP contribution in [0, 0.1) is 6.92 Å². The molecule has 0 bridgehead atoms. The Hall–Kier alpha value is -2.62. The lowest BCUT2D eigenvalue weighted by molar-refractivity contribution is 0.0523. The van der Waals surface area contributed by atoms with Crippen LogP contribution >= 0.6 is 0 Å². The van der Waals surface area contributed by atoms with Gasteiger partial charge in [0.15, 0.2) is 5.78 Å². The number of ether oxygens (including phenoxy) is 1. The number of carbonyl (C=O) groups excluding carboxylic acids is 2. The van der Waals surface area contributed by atoms with Crippen LogP contribution in [-0.2, 0) is 4.74 Å². The van der Waals surface area contributed by atoms with Crippen LogP contribution in [0.5, 0.6) is 0 Å². The van der Waals surface area contributed by atoms with E-state index < -0.39 is 5.97 Å². The summed E-state index contributed by atoms with van der Waals surface area (Å²) in [7, 11) is 0. The molecule has 3 aromatic rings. The molecule has 2 aromatic carbocycles. The molecule has 0 atom stereocenters. The fourth-order valence-electron chi connectivity index (χ4n) is 2.98. The Kier molecular flexibility index (Phi) is 3.45. The first kappa shape index (κ1) is 14.3. The minimum atomic E-state index is -0.456. The summed E-state index contributed by atoms with van der Waals surface area (Å²) in [5.74, 6) is -0.593. The summed E-state index contributed by atoms with van der Waals surface area (Å²) in [4.78, 5) is 27.6. The van der Waals surface area contributed by atoms with Crippen LogP contribution in [0.25, 0.3) is 21.8 Å². The number of nitrogens with one attached hydrogen (secondary N) is 1. The predicted molar refractivity (Wildman–Crippen MR) is 86.5 cm³/mol. The van der Waals surface area contributed by atoms with E-state index in [-0.39, 0.29) is 12.4 Å². The zero-order valence-electron chi connectivity index (χ0n) is 12.8. The third-order valence-electron chi connectivity index (χ3n) is 3.90. The highest BCUT2D eigenvalue weighted by Gasteiger charge is 2.22. The Labute approximate surface area is 128 Å². The summed E-state index contributed by atoms with van der Waals surface area (Å²) >= 11 is 0. The highest BCUT2D eigenvalue weighted by atomic mass is 16.5. The van der Waals surface area contributed by atoms with E-state index in [0.29, 0.717) is 11.1 Å². The Morgan fingerprint density at radius 2 is 1.91 bits per heavy atom. The molecule has 0 aliphatic carbocycles.